The number of amides is 2. The minimum absolute atomic E-state index is 0.0331. The second-order valence-electron chi connectivity index (χ2n) is 8.86. The summed E-state index contributed by atoms with van der Waals surface area (Å²) in [4.78, 5) is 37.7. The van der Waals surface area contributed by atoms with Crippen LogP contribution in [-0.2, 0) is 16.0 Å². The van der Waals surface area contributed by atoms with E-state index in [2.05, 4.69) is 32.6 Å². The molecule has 0 unspecified atom stereocenters. The molecule has 2 N–H and O–H groups in total. The Morgan fingerprint density at radius 1 is 1.17 bits per heavy atom. The third-order valence-electron chi connectivity index (χ3n) is 6.20. The average Bonchev–Trinajstić information content (AvgIpc) is 3.29. The van der Waals surface area contributed by atoms with E-state index in [0.717, 1.165) is 38.2 Å². The van der Waals surface area contributed by atoms with Crippen molar-refractivity contribution >= 4 is 35.4 Å². The molecule has 0 saturated carbocycles. The van der Waals surface area contributed by atoms with E-state index in [4.69, 9.17) is 9.97 Å². The van der Waals surface area contributed by atoms with Gasteiger partial charge in [-0.3, -0.25) is 14.9 Å². The van der Waals surface area contributed by atoms with Gasteiger partial charge in [0.2, 0.25) is 17.8 Å². The first-order valence-corrected chi connectivity index (χ1v) is 11.7. The average molecular weight is 479 g/mol. The number of fused-ring (bicyclic) bond motifs is 1. The van der Waals surface area contributed by atoms with Crippen LogP contribution >= 0.6 is 0 Å². The van der Waals surface area contributed by atoms with Crippen LogP contribution in [-0.4, -0.2) is 76.1 Å². The predicted octanol–water partition coefficient (Wildman–Crippen LogP) is 1.49. The van der Waals surface area contributed by atoms with E-state index in [1.165, 1.54) is 12.1 Å². The molecule has 1 aromatic carbocycles. The van der Waals surface area contributed by atoms with Crippen LogP contribution in [0.3, 0.4) is 0 Å². The zero-order valence-electron chi connectivity index (χ0n) is 19.5. The Morgan fingerprint density at radius 2 is 2.06 bits per heavy atom. The quantitative estimate of drug-likeness (QED) is 0.405. The van der Waals surface area contributed by atoms with Crippen molar-refractivity contribution in [2.75, 3.05) is 50.0 Å². The molecule has 0 spiro atoms. The highest BCUT2D eigenvalue weighted by Crippen LogP contribution is 2.22. The van der Waals surface area contributed by atoms with Crippen molar-refractivity contribution in [3.05, 3.63) is 53.0 Å². The molecular weight excluding hydrogens is 451 g/mol. The molecule has 3 aromatic rings. The molecule has 2 saturated heterocycles. The molecule has 0 atom stereocenters. The molecule has 4 heterocycles. The van der Waals surface area contributed by atoms with Crippen LogP contribution in [0.4, 0.5) is 16.3 Å². The number of rotatable bonds is 6. The molecule has 5 rings (SSSR count). The summed E-state index contributed by atoms with van der Waals surface area (Å²) in [5.74, 6) is 0.109. The van der Waals surface area contributed by atoms with E-state index in [1.807, 2.05) is 6.07 Å². The lowest BCUT2D eigenvalue weighted by Crippen LogP contribution is -2.30. The van der Waals surface area contributed by atoms with Crippen molar-refractivity contribution in [3.8, 4) is 0 Å². The first-order chi connectivity index (χ1) is 17.0. The van der Waals surface area contributed by atoms with Crippen molar-refractivity contribution in [1.82, 2.24) is 29.8 Å². The fourth-order valence-electron chi connectivity index (χ4n) is 4.31. The largest absolute Gasteiger partial charge is 0.354 e. The Morgan fingerprint density at radius 3 is 2.86 bits per heavy atom. The molecule has 10 nitrogen and oxygen atoms in total. The summed E-state index contributed by atoms with van der Waals surface area (Å²) in [7, 11) is 2.10. The van der Waals surface area contributed by atoms with Gasteiger partial charge in [-0.05, 0) is 50.2 Å². The zero-order chi connectivity index (χ0) is 24.4. The van der Waals surface area contributed by atoms with Gasteiger partial charge < -0.3 is 15.1 Å². The highest BCUT2D eigenvalue weighted by Gasteiger charge is 2.25. The summed E-state index contributed by atoms with van der Waals surface area (Å²) in [6.07, 6.45) is 4.90. The molecule has 35 heavy (non-hydrogen) atoms. The van der Waals surface area contributed by atoms with Crippen LogP contribution in [0.2, 0.25) is 0 Å². The minimum Gasteiger partial charge on any atom is -0.354 e. The lowest BCUT2D eigenvalue weighted by molar-refractivity contribution is -0.124. The van der Waals surface area contributed by atoms with Gasteiger partial charge in [-0.2, -0.15) is 19.6 Å². The van der Waals surface area contributed by atoms with Crippen LogP contribution in [0.25, 0.3) is 11.7 Å². The van der Waals surface area contributed by atoms with E-state index < -0.39 is 5.91 Å². The molecule has 2 fully saturated rings. The summed E-state index contributed by atoms with van der Waals surface area (Å²) in [6, 6.07) is 6.52. The number of nitrogens with one attached hydrogen (secondary N) is 2. The number of halogens is 1. The normalized spacial score (nSPS) is 18.3. The standard InChI is InChI=1S/C24H27FN8O2/c1-31-8-3-9-32(11-10-31)24-29-21-18(13-17-14-20(34)28-22(17)35)15-27-33(21)23(30-24)26-7-6-16-4-2-5-19(25)12-16/h2,4-5,12-13,15H,3,6-11,14H2,1H3,(H,26,29,30)(H,28,34,35). The van der Waals surface area contributed by atoms with Gasteiger partial charge in [0.25, 0.3) is 5.91 Å². The van der Waals surface area contributed by atoms with E-state index in [0.29, 0.717) is 41.6 Å². The molecule has 0 radical (unpaired) electrons. The number of hydrogen-bond acceptors (Lipinski definition) is 8. The highest BCUT2D eigenvalue weighted by molar-refractivity contribution is 6.15. The van der Waals surface area contributed by atoms with E-state index in [9.17, 15) is 14.0 Å². The van der Waals surface area contributed by atoms with Crippen LogP contribution < -0.4 is 15.5 Å². The zero-order valence-corrected chi connectivity index (χ0v) is 19.5. The number of anilines is 2. The van der Waals surface area contributed by atoms with Gasteiger partial charge >= 0.3 is 0 Å². The van der Waals surface area contributed by atoms with E-state index >= 15 is 0 Å². The molecule has 2 aromatic heterocycles. The van der Waals surface area contributed by atoms with Gasteiger partial charge in [0, 0.05) is 37.3 Å². The summed E-state index contributed by atoms with van der Waals surface area (Å²) in [6.45, 7) is 4.03. The minimum atomic E-state index is -0.396. The van der Waals surface area contributed by atoms with Gasteiger partial charge in [0.05, 0.1) is 12.6 Å². The Bertz CT molecular complexity index is 1300. The first-order valence-electron chi connectivity index (χ1n) is 11.7. The van der Waals surface area contributed by atoms with Crippen molar-refractivity contribution in [2.45, 2.75) is 19.3 Å². The Kier molecular flexibility index (Phi) is 6.41. The predicted molar refractivity (Wildman–Crippen MR) is 129 cm³/mol. The molecule has 0 bridgehead atoms. The Hall–Kier alpha value is -3.86. The lowest BCUT2D eigenvalue weighted by Gasteiger charge is -2.21. The smallest absolute Gasteiger partial charge is 0.254 e. The van der Waals surface area contributed by atoms with Crippen molar-refractivity contribution < 1.29 is 14.0 Å². The van der Waals surface area contributed by atoms with E-state index in [-0.39, 0.29) is 18.1 Å². The maximum Gasteiger partial charge on any atom is 0.254 e. The number of aromatic nitrogens is 4. The van der Waals surface area contributed by atoms with Crippen LogP contribution in [0.15, 0.2) is 36.0 Å². The Balaban J connectivity index is 1.48. The topological polar surface area (TPSA) is 108 Å². The molecule has 2 aliphatic rings. The maximum atomic E-state index is 13.5. The van der Waals surface area contributed by atoms with Gasteiger partial charge in [-0.15, -0.1) is 0 Å². The fourth-order valence-corrected chi connectivity index (χ4v) is 4.31. The monoisotopic (exact) mass is 478 g/mol. The highest BCUT2D eigenvalue weighted by atomic mass is 19.1. The summed E-state index contributed by atoms with van der Waals surface area (Å²) >= 11 is 0. The maximum absolute atomic E-state index is 13.5. The van der Waals surface area contributed by atoms with Gasteiger partial charge in [-0.25, -0.2) is 4.39 Å². The number of hydrogen-bond donors (Lipinski definition) is 2. The van der Waals surface area contributed by atoms with Gasteiger partial charge in [-0.1, -0.05) is 12.1 Å². The van der Waals surface area contributed by atoms with Crippen molar-refractivity contribution in [2.24, 2.45) is 0 Å². The van der Waals surface area contributed by atoms with Crippen LogP contribution in [0.5, 0.6) is 0 Å². The lowest BCUT2D eigenvalue weighted by atomic mass is 10.1. The number of benzene rings is 1. The SMILES string of the molecule is CN1CCCN(c2nc(NCCc3cccc(F)c3)n3ncc(C=C4CC(=O)NC4=O)c3n2)CC1. The second kappa shape index (κ2) is 9.79. The number of nitrogens with zero attached hydrogens (tertiary/aromatic N) is 6. The van der Waals surface area contributed by atoms with Crippen LogP contribution in [0.1, 0.15) is 24.0 Å². The van der Waals surface area contributed by atoms with E-state index in [1.54, 1.807) is 22.9 Å². The molecule has 0 aliphatic carbocycles. The van der Waals surface area contributed by atoms with Crippen molar-refractivity contribution in [1.29, 1.82) is 0 Å². The first kappa shape index (κ1) is 22.9. The summed E-state index contributed by atoms with van der Waals surface area (Å²) in [5.41, 5.74) is 2.43. The summed E-state index contributed by atoms with van der Waals surface area (Å²) < 4.78 is 15.1. The number of carbonyl (C=O) groups excluding carboxylic acids is 2. The second-order valence-corrected chi connectivity index (χ2v) is 8.86. The van der Waals surface area contributed by atoms with Gasteiger partial charge in [0.15, 0.2) is 5.65 Å². The van der Waals surface area contributed by atoms with Crippen molar-refractivity contribution in [3.63, 3.8) is 0 Å². The molecule has 2 amide bonds. The van der Waals surface area contributed by atoms with Gasteiger partial charge in [0.1, 0.15) is 5.82 Å². The number of imide groups is 1. The third-order valence-corrected chi connectivity index (χ3v) is 6.20. The third kappa shape index (κ3) is 5.14. The molecule has 11 heteroatoms. The molecule has 182 valence electrons. The summed E-state index contributed by atoms with van der Waals surface area (Å²) in [5, 5.41) is 10.1. The molecule has 2 aliphatic heterocycles. The Labute approximate surface area is 201 Å². The fraction of sp³-hybridized carbons (Fsp3) is 0.375. The van der Waals surface area contributed by atoms with Crippen LogP contribution in [0, 0.1) is 5.82 Å². The number of likely N-dealkylation sites (N-methyl/N-ethyl adjacent to an activating group) is 1. The molecular formula is C24H27FN8O2. The number of carbonyl (C=O) groups is 2.